The normalized spacial score (nSPS) is 9.69. The highest BCUT2D eigenvalue weighted by molar-refractivity contribution is 6.30. The first-order valence-electron chi connectivity index (χ1n) is 3.77. The Balaban J connectivity index is 2.72. The van der Waals surface area contributed by atoms with Gasteiger partial charge in [-0.2, -0.15) is 0 Å². The van der Waals surface area contributed by atoms with E-state index >= 15 is 0 Å². The number of benzene rings is 1. The largest absolute Gasteiger partial charge is 0.484 e. The Hall–Kier alpha value is -1.22. The van der Waals surface area contributed by atoms with Gasteiger partial charge in [-0.3, -0.25) is 4.79 Å². The van der Waals surface area contributed by atoms with E-state index in [-0.39, 0.29) is 6.61 Å². The zero-order valence-electron chi connectivity index (χ0n) is 7.21. The van der Waals surface area contributed by atoms with Gasteiger partial charge in [0, 0.05) is 5.02 Å². The predicted octanol–water partition coefficient (Wildman–Crippen LogP) is 1.51. The van der Waals surface area contributed by atoms with Crippen LogP contribution in [-0.4, -0.2) is 12.5 Å². The minimum absolute atomic E-state index is 0.109. The van der Waals surface area contributed by atoms with Crippen molar-refractivity contribution in [3.8, 4) is 5.75 Å². The van der Waals surface area contributed by atoms with Crippen LogP contribution >= 0.6 is 11.6 Å². The number of carbonyl (C=O) groups is 1. The first-order valence-corrected chi connectivity index (χ1v) is 4.14. The summed E-state index contributed by atoms with van der Waals surface area (Å²) >= 11 is 5.73. The molecule has 0 aromatic heterocycles. The fourth-order valence-electron chi connectivity index (χ4n) is 0.924. The highest BCUT2D eigenvalue weighted by Crippen LogP contribution is 2.21. The number of hydrogen-bond donors (Lipinski definition) is 1. The van der Waals surface area contributed by atoms with Gasteiger partial charge in [0.1, 0.15) is 5.75 Å². The van der Waals surface area contributed by atoms with Crippen LogP contribution in [0.2, 0.25) is 5.02 Å². The zero-order chi connectivity index (χ0) is 9.84. The first kappa shape index (κ1) is 9.86. The molecule has 0 saturated heterocycles. The topological polar surface area (TPSA) is 52.3 Å². The number of nitrogens with two attached hydrogens (primary N) is 1. The molecule has 0 spiro atoms. The Morgan fingerprint density at radius 1 is 1.62 bits per heavy atom. The van der Waals surface area contributed by atoms with Crippen molar-refractivity contribution < 1.29 is 9.53 Å². The molecule has 0 aliphatic rings. The van der Waals surface area contributed by atoms with Gasteiger partial charge in [-0.1, -0.05) is 11.6 Å². The molecule has 1 aromatic rings. The summed E-state index contributed by atoms with van der Waals surface area (Å²) in [7, 11) is 0. The van der Waals surface area contributed by atoms with Crippen LogP contribution < -0.4 is 10.5 Å². The third-order valence-corrected chi connectivity index (χ3v) is 1.74. The van der Waals surface area contributed by atoms with Gasteiger partial charge in [-0.05, 0) is 30.7 Å². The summed E-state index contributed by atoms with van der Waals surface area (Å²) in [5.74, 6) is 0.137. The number of amides is 1. The highest BCUT2D eigenvalue weighted by Gasteiger charge is 2.01. The van der Waals surface area contributed by atoms with Gasteiger partial charge < -0.3 is 10.5 Å². The van der Waals surface area contributed by atoms with Gasteiger partial charge in [-0.25, -0.2) is 0 Å². The van der Waals surface area contributed by atoms with Crippen LogP contribution in [0.1, 0.15) is 5.56 Å². The summed E-state index contributed by atoms with van der Waals surface area (Å²) in [4.78, 5) is 10.4. The number of ether oxygens (including phenoxy) is 1. The smallest absolute Gasteiger partial charge is 0.255 e. The van der Waals surface area contributed by atoms with Crippen molar-refractivity contribution in [1.82, 2.24) is 0 Å². The number of primary amides is 1. The van der Waals surface area contributed by atoms with Crippen LogP contribution in [0.3, 0.4) is 0 Å². The minimum atomic E-state index is -0.491. The van der Waals surface area contributed by atoms with Crippen molar-refractivity contribution in [1.29, 1.82) is 0 Å². The molecule has 0 aliphatic heterocycles. The van der Waals surface area contributed by atoms with E-state index in [1.165, 1.54) is 0 Å². The Labute approximate surface area is 81.4 Å². The van der Waals surface area contributed by atoms with Crippen molar-refractivity contribution in [2.45, 2.75) is 6.92 Å². The van der Waals surface area contributed by atoms with Crippen molar-refractivity contribution >= 4 is 17.5 Å². The predicted molar refractivity (Wildman–Crippen MR) is 50.9 cm³/mol. The molecule has 13 heavy (non-hydrogen) atoms. The standard InChI is InChI=1S/C9H10ClNO2/c1-6-4-7(10)2-3-8(6)13-5-9(11)12/h2-4H,5H2,1H3,(H2,11,12). The molecule has 0 unspecified atom stereocenters. The quantitative estimate of drug-likeness (QED) is 0.803. The monoisotopic (exact) mass is 199 g/mol. The first-order chi connectivity index (χ1) is 6.09. The van der Waals surface area contributed by atoms with Gasteiger partial charge in [0.05, 0.1) is 0 Å². The highest BCUT2D eigenvalue weighted by atomic mass is 35.5. The molecular formula is C9H10ClNO2. The lowest BCUT2D eigenvalue weighted by Gasteiger charge is -2.06. The molecule has 0 bridgehead atoms. The SMILES string of the molecule is Cc1cc(Cl)ccc1OCC(N)=O. The van der Waals surface area contributed by atoms with E-state index in [4.69, 9.17) is 22.1 Å². The van der Waals surface area contributed by atoms with Crippen LogP contribution in [0.5, 0.6) is 5.75 Å². The lowest BCUT2D eigenvalue weighted by atomic mass is 10.2. The molecule has 1 rings (SSSR count). The number of hydrogen-bond acceptors (Lipinski definition) is 2. The second-order valence-electron chi connectivity index (χ2n) is 2.66. The fourth-order valence-corrected chi connectivity index (χ4v) is 1.15. The van der Waals surface area contributed by atoms with E-state index in [2.05, 4.69) is 0 Å². The van der Waals surface area contributed by atoms with Crippen LogP contribution in [0.15, 0.2) is 18.2 Å². The van der Waals surface area contributed by atoms with E-state index < -0.39 is 5.91 Å². The summed E-state index contributed by atoms with van der Waals surface area (Å²) in [6.07, 6.45) is 0. The molecule has 1 aromatic carbocycles. The van der Waals surface area contributed by atoms with Crippen molar-refractivity contribution in [2.24, 2.45) is 5.73 Å². The molecule has 4 heteroatoms. The molecule has 70 valence electrons. The Bertz CT molecular complexity index is 325. The summed E-state index contributed by atoms with van der Waals surface area (Å²) in [5, 5.41) is 0.643. The summed E-state index contributed by atoms with van der Waals surface area (Å²) in [6.45, 7) is 1.74. The Morgan fingerprint density at radius 3 is 2.85 bits per heavy atom. The number of halogens is 1. The maximum absolute atomic E-state index is 10.4. The number of aryl methyl sites for hydroxylation is 1. The van der Waals surface area contributed by atoms with Gasteiger partial charge in [-0.15, -0.1) is 0 Å². The number of carbonyl (C=O) groups excluding carboxylic acids is 1. The van der Waals surface area contributed by atoms with Gasteiger partial charge in [0.2, 0.25) is 0 Å². The molecule has 2 N–H and O–H groups in total. The third-order valence-electron chi connectivity index (χ3n) is 1.51. The van der Waals surface area contributed by atoms with Crippen molar-refractivity contribution in [3.63, 3.8) is 0 Å². The van der Waals surface area contributed by atoms with Gasteiger partial charge >= 0.3 is 0 Å². The lowest BCUT2D eigenvalue weighted by Crippen LogP contribution is -2.20. The molecule has 0 radical (unpaired) electrons. The van der Waals surface area contributed by atoms with E-state index in [1.54, 1.807) is 18.2 Å². The van der Waals surface area contributed by atoms with Crippen LogP contribution in [0.25, 0.3) is 0 Å². The summed E-state index contributed by atoms with van der Waals surface area (Å²) < 4.78 is 5.12. The molecule has 0 aliphatic carbocycles. The summed E-state index contributed by atoms with van der Waals surface area (Å²) in [5.41, 5.74) is 5.81. The average Bonchev–Trinajstić information content (AvgIpc) is 2.02. The summed E-state index contributed by atoms with van der Waals surface area (Å²) in [6, 6.07) is 5.17. The minimum Gasteiger partial charge on any atom is -0.484 e. The van der Waals surface area contributed by atoms with Crippen LogP contribution in [0.4, 0.5) is 0 Å². The molecule has 0 heterocycles. The van der Waals surface area contributed by atoms with E-state index in [0.717, 1.165) is 5.56 Å². The lowest BCUT2D eigenvalue weighted by molar-refractivity contribution is -0.119. The second-order valence-corrected chi connectivity index (χ2v) is 3.10. The number of rotatable bonds is 3. The van der Waals surface area contributed by atoms with Crippen LogP contribution in [0, 0.1) is 6.92 Å². The van der Waals surface area contributed by atoms with Crippen molar-refractivity contribution in [2.75, 3.05) is 6.61 Å². The Kier molecular flexibility index (Phi) is 3.14. The molecule has 0 atom stereocenters. The molecular weight excluding hydrogens is 190 g/mol. The molecule has 1 amide bonds. The van der Waals surface area contributed by atoms with Crippen molar-refractivity contribution in [3.05, 3.63) is 28.8 Å². The molecule has 0 fully saturated rings. The van der Waals surface area contributed by atoms with E-state index in [9.17, 15) is 4.79 Å². The van der Waals surface area contributed by atoms with E-state index in [1.807, 2.05) is 6.92 Å². The maximum Gasteiger partial charge on any atom is 0.255 e. The Morgan fingerprint density at radius 2 is 2.31 bits per heavy atom. The maximum atomic E-state index is 10.4. The van der Waals surface area contributed by atoms with E-state index in [0.29, 0.717) is 10.8 Å². The third kappa shape index (κ3) is 2.95. The fraction of sp³-hybridized carbons (Fsp3) is 0.222. The average molecular weight is 200 g/mol. The van der Waals surface area contributed by atoms with Crippen LogP contribution in [-0.2, 0) is 4.79 Å². The van der Waals surface area contributed by atoms with Gasteiger partial charge in [0.15, 0.2) is 6.61 Å². The van der Waals surface area contributed by atoms with Gasteiger partial charge in [0.25, 0.3) is 5.91 Å². The zero-order valence-corrected chi connectivity index (χ0v) is 7.97. The molecule has 0 saturated carbocycles. The molecule has 3 nitrogen and oxygen atoms in total. The second kappa shape index (κ2) is 4.14.